The van der Waals surface area contributed by atoms with E-state index in [-0.39, 0.29) is 43.8 Å². The second-order valence-electron chi connectivity index (χ2n) is 11.8. The first kappa shape index (κ1) is 27.0. The van der Waals surface area contributed by atoms with Gasteiger partial charge in [-0.15, -0.1) is 5.10 Å². The smallest absolute Gasteiger partial charge is 0.248 e. The highest BCUT2D eigenvalue weighted by molar-refractivity contribution is 5.90. The molecule has 0 unspecified atom stereocenters. The normalized spacial score (nSPS) is 22.8. The monoisotopic (exact) mass is 539 g/mol. The highest BCUT2D eigenvalue weighted by Crippen LogP contribution is 2.40. The van der Waals surface area contributed by atoms with Crippen molar-refractivity contribution in [3.63, 3.8) is 0 Å². The molecule has 13 heteroatoms. The number of amides is 3. The minimum absolute atomic E-state index is 0.0129. The Labute approximate surface area is 227 Å². The summed E-state index contributed by atoms with van der Waals surface area (Å²) in [6.45, 7) is 7.36. The SMILES string of the molecule is CN1CCN(c2nccnc2CNC(=O)[C@@H]2C[C@@H](O)CN2C(=O)[C@@H](n2cc(C3CC3)nn2)C(C)(C)C)CC1=O. The lowest BCUT2D eigenvalue weighted by Crippen LogP contribution is -2.50. The number of piperazine rings is 1. The van der Waals surface area contributed by atoms with Gasteiger partial charge in [-0.2, -0.15) is 0 Å². The third-order valence-electron chi connectivity index (χ3n) is 7.65. The number of nitrogens with one attached hydrogen (secondary N) is 1. The van der Waals surface area contributed by atoms with Crippen molar-refractivity contribution in [1.82, 2.24) is 40.1 Å². The maximum absolute atomic E-state index is 13.9. The zero-order valence-electron chi connectivity index (χ0n) is 22.9. The van der Waals surface area contributed by atoms with Crippen molar-refractivity contribution in [2.24, 2.45) is 5.41 Å². The van der Waals surface area contributed by atoms with Crippen molar-refractivity contribution in [2.75, 3.05) is 38.1 Å². The second-order valence-corrected chi connectivity index (χ2v) is 11.8. The Morgan fingerprint density at radius 1 is 1.18 bits per heavy atom. The van der Waals surface area contributed by atoms with E-state index in [0.717, 1.165) is 18.5 Å². The summed E-state index contributed by atoms with van der Waals surface area (Å²) in [6.07, 6.45) is 6.41. The van der Waals surface area contributed by atoms with Crippen LogP contribution in [0.25, 0.3) is 0 Å². The summed E-state index contributed by atoms with van der Waals surface area (Å²) in [7, 11) is 1.76. The van der Waals surface area contributed by atoms with Gasteiger partial charge in [0.05, 0.1) is 24.9 Å². The summed E-state index contributed by atoms with van der Waals surface area (Å²) in [5.74, 6) is 0.278. The number of β-amino-alcohol motifs (C(OH)–C–C–N with tert-alkyl or cyclic N) is 1. The third kappa shape index (κ3) is 5.72. The minimum atomic E-state index is -0.839. The van der Waals surface area contributed by atoms with E-state index in [1.54, 1.807) is 29.0 Å². The maximum Gasteiger partial charge on any atom is 0.248 e. The average molecular weight is 540 g/mol. The second kappa shape index (κ2) is 10.5. The number of carbonyl (C=O) groups excluding carboxylic acids is 3. The van der Waals surface area contributed by atoms with E-state index in [1.807, 2.05) is 31.9 Å². The van der Waals surface area contributed by atoms with Gasteiger partial charge in [0, 0.05) is 57.6 Å². The van der Waals surface area contributed by atoms with E-state index < -0.39 is 23.6 Å². The number of likely N-dealkylation sites (tertiary alicyclic amines) is 1. The Hall–Kier alpha value is -3.61. The Kier molecular flexibility index (Phi) is 7.27. The van der Waals surface area contributed by atoms with Crippen molar-refractivity contribution in [3.8, 4) is 0 Å². The lowest BCUT2D eigenvalue weighted by atomic mass is 9.85. The van der Waals surface area contributed by atoms with Gasteiger partial charge in [0.15, 0.2) is 5.82 Å². The van der Waals surface area contributed by atoms with E-state index in [1.165, 1.54) is 4.90 Å². The number of hydrogen-bond acceptors (Lipinski definition) is 9. The summed E-state index contributed by atoms with van der Waals surface area (Å²) in [5, 5.41) is 21.9. The molecule has 210 valence electrons. The topological polar surface area (TPSA) is 150 Å². The number of aliphatic hydroxyl groups is 1. The number of likely N-dealkylation sites (N-methyl/N-ethyl adjacent to an activating group) is 1. The molecule has 0 aromatic carbocycles. The zero-order valence-corrected chi connectivity index (χ0v) is 22.9. The minimum Gasteiger partial charge on any atom is -0.391 e. The van der Waals surface area contributed by atoms with Gasteiger partial charge in [0.2, 0.25) is 17.7 Å². The average Bonchev–Trinajstić information content (AvgIpc) is 3.50. The molecule has 0 radical (unpaired) electrons. The van der Waals surface area contributed by atoms with E-state index in [2.05, 4.69) is 25.6 Å². The van der Waals surface area contributed by atoms with E-state index >= 15 is 0 Å². The Morgan fingerprint density at radius 3 is 2.62 bits per heavy atom. The highest BCUT2D eigenvalue weighted by Gasteiger charge is 2.45. The van der Waals surface area contributed by atoms with Crippen LogP contribution in [0.15, 0.2) is 18.6 Å². The standard InChI is InChI=1S/C26H37N9O4/c1-26(2,3)22(35-14-19(30-31-35)16-5-6-16)25(39)34-13-17(36)11-20(34)24(38)29-12-18-23(28-8-7-27-18)33-10-9-32(4)21(37)15-33/h7-8,14,16-17,20,22,36H,5-6,9-13,15H2,1-4H3,(H,29,38)/t17-,20+,22-/m1/s1. The van der Waals surface area contributed by atoms with Crippen molar-refractivity contribution < 1.29 is 19.5 Å². The largest absolute Gasteiger partial charge is 0.391 e. The molecule has 3 fully saturated rings. The molecule has 2 aliphatic heterocycles. The molecule has 3 amide bonds. The van der Waals surface area contributed by atoms with Crippen LogP contribution in [0.4, 0.5) is 5.82 Å². The molecule has 2 N–H and O–H groups in total. The Morgan fingerprint density at radius 2 is 1.92 bits per heavy atom. The molecule has 4 heterocycles. The van der Waals surface area contributed by atoms with Crippen LogP contribution < -0.4 is 10.2 Å². The maximum atomic E-state index is 13.9. The first-order valence-electron chi connectivity index (χ1n) is 13.5. The molecule has 0 spiro atoms. The fourth-order valence-electron chi connectivity index (χ4n) is 5.30. The van der Waals surface area contributed by atoms with Gasteiger partial charge in [-0.3, -0.25) is 19.4 Å². The Balaban J connectivity index is 1.30. The molecule has 5 rings (SSSR count). The van der Waals surface area contributed by atoms with Crippen LogP contribution in [0.3, 0.4) is 0 Å². The lowest BCUT2D eigenvalue weighted by Gasteiger charge is -2.34. The molecular weight excluding hydrogens is 502 g/mol. The zero-order chi connectivity index (χ0) is 27.9. The number of nitrogens with zero attached hydrogens (tertiary/aromatic N) is 8. The van der Waals surface area contributed by atoms with Crippen LogP contribution >= 0.6 is 0 Å². The predicted octanol–water partition coefficient (Wildman–Crippen LogP) is 0.0893. The predicted molar refractivity (Wildman–Crippen MR) is 140 cm³/mol. The van der Waals surface area contributed by atoms with Crippen LogP contribution in [-0.4, -0.2) is 103 Å². The Bertz CT molecular complexity index is 1240. The molecule has 2 aromatic heterocycles. The lowest BCUT2D eigenvalue weighted by molar-refractivity contribution is -0.144. The van der Waals surface area contributed by atoms with Crippen LogP contribution in [0.2, 0.25) is 0 Å². The van der Waals surface area contributed by atoms with Gasteiger partial charge >= 0.3 is 0 Å². The van der Waals surface area contributed by atoms with E-state index in [0.29, 0.717) is 30.5 Å². The van der Waals surface area contributed by atoms with Gasteiger partial charge in [-0.1, -0.05) is 26.0 Å². The van der Waals surface area contributed by atoms with Gasteiger partial charge in [-0.05, 0) is 18.3 Å². The summed E-state index contributed by atoms with van der Waals surface area (Å²) in [6, 6.07) is -1.52. The van der Waals surface area contributed by atoms with E-state index in [9.17, 15) is 19.5 Å². The first-order chi connectivity index (χ1) is 18.5. The summed E-state index contributed by atoms with van der Waals surface area (Å²) in [4.78, 5) is 53.3. The first-order valence-corrected chi connectivity index (χ1v) is 13.5. The molecule has 39 heavy (non-hydrogen) atoms. The van der Waals surface area contributed by atoms with Crippen molar-refractivity contribution in [3.05, 3.63) is 30.0 Å². The summed E-state index contributed by atoms with van der Waals surface area (Å²) < 4.78 is 1.61. The van der Waals surface area contributed by atoms with Crippen molar-refractivity contribution in [2.45, 2.75) is 70.7 Å². The van der Waals surface area contributed by atoms with Gasteiger partial charge in [0.25, 0.3) is 0 Å². The number of rotatable bonds is 7. The molecule has 1 saturated carbocycles. The van der Waals surface area contributed by atoms with Crippen LogP contribution in [0.1, 0.15) is 63.4 Å². The molecular formula is C26H37N9O4. The number of carbonyl (C=O) groups is 3. The molecule has 13 nitrogen and oxygen atoms in total. The van der Waals surface area contributed by atoms with E-state index in [4.69, 9.17) is 0 Å². The van der Waals surface area contributed by atoms with Crippen molar-refractivity contribution in [1.29, 1.82) is 0 Å². The number of aromatic nitrogens is 5. The molecule has 3 aliphatic rings. The van der Waals surface area contributed by atoms with Crippen LogP contribution in [0.5, 0.6) is 0 Å². The third-order valence-corrected chi connectivity index (χ3v) is 7.65. The molecule has 0 bridgehead atoms. The molecule has 2 aromatic rings. The van der Waals surface area contributed by atoms with Crippen LogP contribution in [-0.2, 0) is 20.9 Å². The van der Waals surface area contributed by atoms with Gasteiger partial charge in [0.1, 0.15) is 17.8 Å². The summed E-state index contributed by atoms with van der Waals surface area (Å²) in [5.41, 5.74) is 0.909. The number of hydrogen-bond donors (Lipinski definition) is 2. The van der Waals surface area contributed by atoms with Gasteiger partial charge < -0.3 is 25.1 Å². The van der Waals surface area contributed by atoms with Gasteiger partial charge in [-0.25, -0.2) is 9.67 Å². The highest BCUT2D eigenvalue weighted by atomic mass is 16.3. The quantitative estimate of drug-likeness (QED) is 0.499. The molecule has 2 saturated heterocycles. The van der Waals surface area contributed by atoms with Crippen LogP contribution in [0, 0.1) is 5.41 Å². The molecule has 3 atom stereocenters. The number of aliphatic hydroxyl groups excluding tert-OH is 1. The summed E-state index contributed by atoms with van der Waals surface area (Å²) >= 11 is 0. The fraction of sp³-hybridized carbons (Fsp3) is 0.654. The fourth-order valence-corrected chi connectivity index (χ4v) is 5.30. The van der Waals surface area contributed by atoms with Crippen molar-refractivity contribution >= 4 is 23.5 Å². The molecule has 1 aliphatic carbocycles. The number of anilines is 1.